The topological polar surface area (TPSA) is 44.4 Å². The molecule has 0 bridgehead atoms. The molecular formula is C14H29N3O. The lowest BCUT2D eigenvalue weighted by molar-refractivity contribution is -0.128. The molecule has 1 amide bonds. The van der Waals surface area contributed by atoms with E-state index in [0.29, 0.717) is 5.92 Å². The summed E-state index contributed by atoms with van der Waals surface area (Å²) in [5, 5.41) is 6.63. The third-order valence-electron chi connectivity index (χ3n) is 3.96. The first kappa shape index (κ1) is 15.4. The summed E-state index contributed by atoms with van der Waals surface area (Å²) in [7, 11) is 4.09. The first-order valence-corrected chi connectivity index (χ1v) is 7.12. The Morgan fingerprint density at radius 2 is 2.11 bits per heavy atom. The number of hydrogen-bond acceptors (Lipinski definition) is 3. The molecule has 4 nitrogen and oxygen atoms in total. The lowest BCUT2D eigenvalue weighted by Crippen LogP contribution is -2.57. The molecule has 0 saturated carbocycles. The van der Waals surface area contributed by atoms with E-state index in [4.69, 9.17) is 0 Å². The molecule has 0 spiro atoms. The molecule has 4 heteroatoms. The van der Waals surface area contributed by atoms with Crippen molar-refractivity contribution in [2.75, 3.05) is 27.2 Å². The van der Waals surface area contributed by atoms with E-state index in [1.165, 1.54) is 0 Å². The molecule has 0 aromatic heterocycles. The predicted molar refractivity (Wildman–Crippen MR) is 75.6 cm³/mol. The van der Waals surface area contributed by atoms with Crippen LogP contribution >= 0.6 is 0 Å². The van der Waals surface area contributed by atoms with Gasteiger partial charge in [-0.25, -0.2) is 0 Å². The SMILES string of the molecule is CCC1(C(=O)NC(CN(C)C)C(C)C)CCCN1. The standard InChI is InChI=1S/C14H29N3O/c1-6-14(8-7-9-15-14)13(18)16-12(11(2)3)10-17(4)5/h11-12,15H,6-10H2,1-5H3,(H,16,18). The van der Waals surface area contributed by atoms with Gasteiger partial charge in [0, 0.05) is 12.6 Å². The first-order chi connectivity index (χ1) is 8.41. The van der Waals surface area contributed by atoms with Crippen LogP contribution in [0.5, 0.6) is 0 Å². The molecule has 1 aliphatic rings. The molecule has 18 heavy (non-hydrogen) atoms. The van der Waals surface area contributed by atoms with Crippen LogP contribution in [0.1, 0.15) is 40.0 Å². The van der Waals surface area contributed by atoms with E-state index in [0.717, 1.165) is 32.4 Å². The summed E-state index contributed by atoms with van der Waals surface area (Å²) in [5.74, 6) is 0.634. The molecular weight excluding hydrogens is 226 g/mol. The summed E-state index contributed by atoms with van der Waals surface area (Å²) in [5.41, 5.74) is -0.320. The van der Waals surface area contributed by atoms with Crippen LogP contribution in [0.4, 0.5) is 0 Å². The number of carbonyl (C=O) groups is 1. The van der Waals surface area contributed by atoms with Crippen LogP contribution in [0.2, 0.25) is 0 Å². The second-order valence-electron chi connectivity index (χ2n) is 6.05. The summed E-state index contributed by atoms with van der Waals surface area (Å²) in [6, 6.07) is 0.221. The fraction of sp³-hybridized carbons (Fsp3) is 0.929. The number of amides is 1. The Labute approximate surface area is 111 Å². The summed E-state index contributed by atoms with van der Waals surface area (Å²) >= 11 is 0. The van der Waals surface area contributed by atoms with E-state index in [2.05, 4.69) is 36.3 Å². The molecule has 1 rings (SSSR count). The van der Waals surface area contributed by atoms with Crippen molar-refractivity contribution >= 4 is 5.91 Å². The van der Waals surface area contributed by atoms with Crippen molar-refractivity contribution in [2.45, 2.75) is 51.6 Å². The van der Waals surface area contributed by atoms with Crippen molar-refractivity contribution in [3.63, 3.8) is 0 Å². The van der Waals surface area contributed by atoms with Gasteiger partial charge in [0.25, 0.3) is 0 Å². The van der Waals surface area contributed by atoms with Crippen LogP contribution in [0, 0.1) is 5.92 Å². The maximum absolute atomic E-state index is 12.5. The van der Waals surface area contributed by atoms with Crippen molar-refractivity contribution in [1.29, 1.82) is 0 Å². The Bertz CT molecular complexity index is 270. The second-order valence-corrected chi connectivity index (χ2v) is 6.05. The summed E-state index contributed by atoms with van der Waals surface area (Å²) in [4.78, 5) is 14.6. The van der Waals surface area contributed by atoms with Crippen molar-refractivity contribution in [3.05, 3.63) is 0 Å². The second kappa shape index (κ2) is 6.53. The van der Waals surface area contributed by atoms with Crippen LogP contribution in [-0.2, 0) is 4.79 Å². The van der Waals surface area contributed by atoms with Crippen molar-refractivity contribution in [1.82, 2.24) is 15.5 Å². The number of rotatable bonds is 6. The molecule has 2 unspecified atom stereocenters. The van der Waals surface area contributed by atoms with Gasteiger partial charge < -0.3 is 15.5 Å². The fourth-order valence-corrected chi connectivity index (χ4v) is 2.59. The van der Waals surface area contributed by atoms with E-state index >= 15 is 0 Å². The molecule has 0 aromatic carbocycles. The predicted octanol–water partition coefficient (Wildman–Crippen LogP) is 1.22. The zero-order valence-corrected chi connectivity index (χ0v) is 12.5. The number of carbonyl (C=O) groups excluding carboxylic acids is 1. The third kappa shape index (κ3) is 3.69. The van der Waals surface area contributed by atoms with Crippen LogP contribution < -0.4 is 10.6 Å². The van der Waals surface area contributed by atoms with Crippen molar-refractivity contribution in [2.24, 2.45) is 5.92 Å². The van der Waals surface area contributed by atoms with Crippen molar-refractivity contribution in [3.8, 4) is 0 Å². The van der Waals surface area contributed by atoms with Gasteiger partial charge in [0.1, 0.15) is 0 Å². The molecule has 1 heterocycles. The zero-order valence-electron chi connectivity index (χ0n) is 12.5. The van der Waals surface area contributed by atoms with Gasteiger partial charge in [-0.1, -0.05) is 20.8 Å². The average Bonchev–Trinajstić information content (AvgIpc) is 2.77. The summed E-state index contributed by atoms with van der Waals surface area (Å²) in [6.07, 6.45) is 2.93. The lowest BCUT2D eigenvalue weighted by atomic mass is 9.92. The smallest absolute Gasteiger partial charge is 0.240 e. The first-order valence-electron chi connectivity index (χ1n) is 7.12. The maximum Gasteiger partial charge on any atom is 0.240 e. The molecule has 1 saturated heterocycles. The highest BCUT2D eigenvalue weighted by molar-refractivity contribution is 5.86. The van der Waals surface area contributed by atoms with Gasteiger partial charge in [0.2, 0.25) is 5.91 Å². The van der Waals surface area contributed by atoms with Gasteiger partial charge in [-0.2, -0.15) is 0 Å². The fourth-order valence-electron chi connectivity index (χ4n) is 2.59. The van der Waals surface area contributed by atoms with Crippen LogP contribution in [0.25, 0.3) is 0 Å². The Kier molecular flexibility index (Phi) is 5.60. The molecule has 2 atom stereocenters. The molecule has 0 aromatic rings. The number of hydrogen-bond donors (Lipinski definition) is 2. The maximum atomic E-state index is 12.5. The van der Waals surface area contributed by atoms with Gasteiger partial charge in [0.05, 0.1) is 5.54 Å². The quantitative estimate of drug-likeness (QED) is 0.750. The molecule has 1 fully saturated rings. The third-order valence-corrected chi connectivity index (χ3v) is 3.96. The Hall–Kier alpha value is -0.610. The average molecular weight is 255 g/mol. The monoisotopic (exact) mass is 255 g/mol. The van der Waals surface area contributed by atoms with Crippen molar-refractivity contribution < 1.29 is 4.79 Å². The summed E-state index contributed by atoms with van der Waals surface area (Å²) in [6.45, 7) is 8.27. The van der Waals surface area contributed by atoms with Gasteiger partial charge in [-0.15, -0.1) is 0 Å². The molecule has 2 N–H and O–H groups in total. The minimum Gasteiger partial charge on any atom is -0.350 e. The normalized spacial score (nSPS) is 25.7. The largest absolute Gasteiger partial charge is 0.350 e. The highest BCUT2D eigenvalue weighted by Crippen LogP contribution is 2.23. The number of nitrogens with zero attached hydrogens (tertiary/aromatic N) is 1. The number of nitrogens with one attached hydrogen (secondary N) is 2. The lowest BCUT2D eigenvalue weighted by Gasteiger charge is -2.32. The van der Waals surface area contributed by atoms with Crippen LogP contribution in [0.3, 0.4) is 0 Å². The van der Waals surface area contributed by atoms with E-state index in [-0.39, 0.29) is 17.5 Å². The van der Waals surface area contributed by atoms with Gasteiger partial charge in [0.15, 0.2) is 0 Å². The zero-order chi connectivity index (χ0) is 13.8. The highest BCUT2D eigenvalue weighted by atomic mass is 16.2. The molecule has 0 radical (unpaired) electrons. The molecule has 106 valence electrons. The van der Waals surface area contributed by atoms with Gasteiger partial charge in [-0.05, 0) is 45.8 Å². The van der Waals surface area contributed by atoms with E-state index in [1.807, 2.05) is 14.1 Å². The summed E-state index contributed by atoms with van der Waals surface area (Å²) < 4.78 is 0. The van der Waals surface area contributed by atoms with E-state index in [1.54, 1.807) is 0 Å². The van der Waals surface area contributed by atoms with Crippen LogP contribution in [-0.4, -0.2) is 49.6 Å². The Morgan fingerprint density at radius 1 is 1.44 bits per heavy atom. The van der Waals surface area contributed by atoms with Crippen LogP contribution in [0.15, 0.2) is 0 Å². The minimum absolute atomic E-state index is 0.183. The van der Waals surface area contributed by atoms with Gasteiger partial charge in [-0.3, -0.25) is 4.79 Å². The Balaban J connectivity index is 2.65. The van der Waals surface area contributed by atoms with Gasteiger partial charge >= 0.3 is 0 Å². The molecule has 1 aliphatic heterocycles. The van der Waals surface area contributed by atoms with E-state index < -0.39 is 0 Å². The molecule has 0 aliphatic carbocycles. The highest BCUT2D eigenvalue weighted by Gasteiger charge is 2.40. The Morgan fingerprint density at radius 3 is 2.50 bits per heavy atom. The van der Waals surface area contributed by atoms with E-state index in [9.17, 15) is 4.79 Å². The minimum atomic E-state index is -0.320. The number of likely N-dealkylation sites (N-methyl/N-ethyl adjacent to an activating group) is 1.